The number of benzene rings is 1. The lowest BCUT2D eigenvalue weighted by Crippen LogP contribution is -2.33. The van der Waals surface area contributed by atoms with E-state index in [1.54, 1.807) is 11.0 Å². The molecule has 3 aromatic rings. The molecule has 2 aromatic heterocycles. The van der Waals surface area contributed by atoms with Gasteiger partial charge in [-0.1, -0.05) is 29.0 Å². The summed E-state index contributed by atoms with van der Waals surface area (Å²) in [6.45, 7) is 5.13. The predicted octanol–water partition coefficient (Wildman–Crippen LogP) is 5.18. The summed E-state index contributed by atoms with van der Waals surface area (Å²) in [4.78, 5) is 21.7. The van der Waals surface area contributed by atoms with E-state index >= 15 is 0 Å². The van der Waals surface area contributed by atoms with E-state index in [0.717, 1.165) is 28.9 Å². The number of hydrogen-bond acceptors (Lipinski definition) is 5. The number of thiazole rings is 1. The maximum absolute atomic E-state index is 13.2. The van der Waals surface area contributed by atoms with Gasteiger partial charge in [-0.3, -0.25) is 9.69 Å². The number of aryl methyl sites for hydroxylation is 2. The van der Waals surface area contributed by atoms with E-state index in [4.69, 9.17) is 16.0 Å². The number of fused-ring (bicyclic) bond motifs is 1. The third-order valence-corrected chi connectivity index (χ3v) is 5.44. The van der Waals surface area contributed by atoms with Crippen LogP contribution in [0.25, 0.3) is 10.2 Å². The molecule has 3 rings (SSSR count). The van der Waals surface area contributed by atoms with Gasteiger partial charge in [0.1, 0.15) is 17.0 Å². The molecule has 5 nitrogen and oxygen atoms in total. The number of rotatable bonds is 6. The highest BCUT2D eigenvalue weighted by molar-refractivity contribution is 7.22. The minimum absolute atomic E-state index is 0. The van der Waals surface area contributed by atoms with Crippen molar-refractivity contribution in [1.29, 1.82) is 0 Å². The Morgan fingerprint density at radius 3 is 2.59 bits per heavy atom. The van der Waals surface area contributed by atoms with Crippen LogP contribution >= 0.6 is 35.3 Å². The summed E-state index contributed by atoms with van der Waals surface area (Å²) in [5, 5.41) is 1.26. The number of amides is 1. The first-order valence-electron chi connectivity index (χ1n) is 8.45. The fraction of sp³-hybridized carbons (Fsp3) is 0.368. The molecule has 1 amide bonds. The summed E-state index contributed by atoms with van der Waals surface area (Å²) in [5.74, 6) is 1.27. The zero-order valence-corrected chi connectivity index (χ0v) is 18.2. The maximum Gasteiger partial charge on any atom is 0.263 e. The van der Waals surface area contributed by atoms with Crippen LogP contribution in [0.15, 0.2) is 28.7 Å². The van der Waals surface area contributed by atoms with Gasteiger partial charge in [0.25, 0.3) is 5.91 Å². The number of aromatic nitrogens is 1. The van der Waals surface area contributed by atoms with Crippen LogP contribution in [0.2, 0.25) is 5.02 Å². The Morgan fingerprint density at radius 2 is 2.00 bits per heavy atom. The molecule has 1 aromatic carbocycles. The second kappa shape index (κ2) is 9.06. The summed E-state index contributed by atoms with van der Waals surface area (Å²) >= 11 is 7.74. The summed E-state index contributed by atoms with van der Waals surface area (Å²) in [5.41, 5.74) is 1.32. The Bertz CT molecular complexity index is 936. The molecule has 0 aliphatic carbocycles. The Balaban J connectivity index is 0.00000261. The molecule has 2 heterocycles. The molecule has 0 unspecified atom stereocenters. The quantitative estimate of drug-likeness (QED) is 0.543. The van der Waals surface area contributed by atoms with Crippen LogP contribution in [0.1, 0.15) is 28.3 Å². The summed E-state index contributed by atoms with van der Waals surface area (Å²) in [6.07, 6.45) is 0.846. The number of carbonyl (C=O) groups is 1. The SMILES string of the molecule is Cc1cc(C(=O)N(CCCN(C)C)c2nc3c(Cl)cccc3s2)c(C)o1.Cl. The summed E-state index contributed by atoms with van der Waals surface area (Å²) in [7, 11) is 4.04. The van der Waals surface area contributed by atoms with Gasteiger partial charge >= 0.3 is 0 Å². The van der Waals surface area contributed by atoms with Crippen molar-refractivity contribution >= 4 is 56.6 Å². The molecule has 0 radical (unpaired) electrons. The zero-order chi connectivity index (χ0) is 18.8. The molecule has 0 saturated carbocycles. The van der Waals surface area contributed by atoms with Gasteiger partial charge in [0.15, 0.2) is 5.13 Å². The zero-order valence-electron chi connectivity index (χ0n) is 15.8. The van der Waals surface area contributed by atoms with Crippen molar-refractivity contribution in [3.63, 3.8) is 0 Å². The minimum Gasteiger partial charge on any atom is -0.466 e. The van der Waals surface area contributed by atoms with Gasteiger partial charge in [0.05, 0.1) is 15.3 Å². The van der Waals surface area contributed by atoms with Crippen LogP contribution in [0.4, 0.5) is 5.13 Å². The van der Waals surface area contributed by atoms with Crippen molar-refractivity contribution in [2.75, 3.05) is 32.1 Å². The van der Waals surface area contributed by atoms with E-state index in [-0.39, 0.29) is 18.3 Å². The molecule has 0 N–H and O–H groups in total. The normalized spacial score (nSPS) is 11.0. The van der Waals surface area contributed by atoms with Gasteiger partial charge < -0.3 is 9.32 Å². The van der Waals surface area contributed by atoms with E-state index in [9.17, 15) is 4.79 Å². The highest BCUT2D eigenvalue weighted by Gasteiger charge is 2.24. The van der Waals surface area contributed by atoms with Gasteiger partial charge in [-0.25, -0.2) is 4.98 Å². The molecule has 0 aliphatic heterocycles. The average molecular weight is 428 g/mol. The molecule has 0 fully saturated rings. The van der Waals surface area contributed by atoms with Crippen LogP contribution in [-0.4, -0.2) is 43.0 Å². The Labute approximate surface area is 174 Å². The fourth-order valence-electron chi connectivity index (χ4n) is 2.84. The van der Waals surface area contributed by atoms with Crippen molar-refractivity contribution < 1.29 is 9.21 Å². The second-order valence-corrected chi connectivity index (χ2v) is 7.94. The molecule has 0 atom stereocenters. The van der Waals surface area contributed by atoms with Crippen LogP contribution in [0, 0.1) is 13.8 Å². The Hall–Kier alpha value is -1.60. The van der Waals surface area contributed by atoms with Crippen LogP contribution < -0.4 is 4.90 Å². The predicted molar refractivity (Wildman–Crippen MR) is 115 cm³/mol. The number of anilines is 1. The van der Waals surface area contributed by atoms with E-state index in [1.807, 2.05) is 46.1 Å². The molecular weight excluding hydrogens is 405 g/mol. The highest BCUT2D eigenvalue weighted by atomic mass is 35.5. The molecule has 8 heteroatoms. The number of furan rings is 1. The first-order chi connectivity index (χ1) is 12.4. The van der Waals surface area contributed by atoms with Crippen molar-refractivity contribution in [2.45, 2.75) is 20.3 Å². The molecule has 0 spiro atoms. The van der Waals surface area contributed by atoms with Crippen LogP contribution in [0.3, 0.4) is 0 Å². The van der Waals surface area contributed by atoms with Crippen LogP contribution in [0.5, 0.6) is 0 Å². The van der Waals surface area contributed by atoms with Gasteiger partial charge in [0, 0.05) is 6.54 Å². The lowest BCUT2D eigenvalue weighted by molar-refractivity contribution is 0.0984. The topological polar surface area (TPSA) is 49.6 Å². The minimum atomic E-state index is -0.0896. The number of para-hydroxylation sites is 1. The van der Waals surface area contributed by atoms with Crippen molar-refractivity contribution in [3.8, 4) is 0 Å². The lowest BCUT2D eigenvalue weighted by Gasteiger charge is -2.20. The third kappa shape index (κ3) is 4.82. The smallest absolute Gasteiger partial charge is 0.263 e. The van der Waals surface area contributed by atoms with E-state index < -0.39 is 0 Å². The molecule has 0 saturated heterocycles. The fourth-order valence-corrected chi connectivity index (χ4v) is 4.13. The van der Waals surface area contributed by atoms with Crippen molar-refractivity contribution in [3.05, 3.63) is 46.4 Å². The summed E-state index contributed by atoms with van der Waals surface area (Å²) in [6, 6.07) is 7.47. The molecule has 0 bridgehead atoms. The van der Waals surface area contributed by atoms with E-state index in [2.05, 4.69) is 9.88 Å². The molecule has 27 heavy (non-hydrogen) atoms. The van der Waals surface area contributed by atoms with Crippen molar-refractivity contribution in [2.24, 2.45) is 0 Å². The number of nitrogens with zero attached hydrogens (tertiary/aromatic N) is 3. The first kappa shape index (κ1) is 21.7. The second-order valence-electron chi connectivity index (χ2n) is 6.52. The van der Waals surface area contributed by atoms with Gasteiger partial charge in [0.2, 0.25) is 0 Å². The van der Waals surface area contributed by atoms with Crippen LogP contribution in [-0.2, 0) is 0 Å². The van der Waals surface area contributed by atoms with E-state index in [1.165, 1.54) is 11.3 Å². The lowest BCUT2D eigenvalue weighted by atomic mass is 10.2. The molecule has 146 valence electrons. The standard InChI is InChI=1S/C19H22ClN3O2S.ClH/c1-12-11-14(13(2)25-12)18(24)23(10-6-9-22(3)4)19-21-17-15(20)7-5-8-16(17)26-19;/h5,7-8,11H,6,9-10H2,1-4H3;1H. The van der Waals surface area contributed by atoms with E-state index in [0.29, 0.717) is 28.0 Å². The number of hydrogen-bond donors (Lipinski definition) is 0. The first-order valence-corrected chi connectivity index (χ1v) is 9.65. The average Bonchev–Trinajstić information content (AvgIpc) is 3.14. The van der Waals surface area contributed by atoms with Crippen molar-refractivity contribution in [1.82, 2.24) is 9.88 Å². The largest absolute Gasteiger partial charge is 0.466 e. The maximum atomic E-state index is 13.2. The Kier molecular flexibility index (Phi) is 7.28. The monoisotopic (exact) mass is 427 g/mol. The molecule has 0 aliphatic rings. The number of carbonyl (C=O) groups excluding carboxylic acids is 1. The van der Waals surface area contributed by atoms with Gasteiger partial charge in [-0.15, -0.1) is 12.4 Å². The third-order valence-electron chi connectivity index (χ3n) is 4.09. The highest BCUT2D eigenvalue weighted by Crippen LogP contribution is 2.34. The van der Waals surface area contributed by atoms with Gasteiger partial charge in [-0.2, -0.15) is 0 Å². The Morgan fingerprint density at radius 1 is 1.26 bits per heavy atom. The van der Waals surface area contributed by atoms with Gasteiger partial charge in [-0.05, 0) is 59.1 Å². The molecular formula is C19H23Cl2N3O2S. The summed E-state index contributed by atoms with van der Waals surface area (Å²) < 4.78 is 6.52. The number of halogens is 2.